The number of aliphatic hydroxyl groups excluding tert-OH is 1. The van der Waals surface area contributed by atoms with Crippen molar-refractivity contribution in [1.29, 1.82) is 0 Å². The molecule has 0 spiro atoms. The number of piperidine rings is 1. The number of carbonyl (C=O) groups is 5. The molecule has 0 unspecified atom stereocenters. The first kappa shape index (κ1) is 58.1. The number of aliphatic carboxylic acids is 2. The molecule has 73 heavy (non-hydrogen) atoms. The highest BCUT2D eigenvalue weighted by molar-refractivity contribution is 5.92. The summed E-state index contributed by atoms with van der Waals surface area (Å²) >= 11 is 0. The van der Waals surface area contributed by atoms with Gasteiger partial charge in [0.05, 0.1) is 17.3 Å². The van der Waals surface area contributed by atoms with Gasteiger partial charge in [0.1, 0.15) is 11.9 Å². The van der Waals surface area contributed by atoms with E-state index in [-0.39, 0.29) is 35.8 Å². The number of unbranched alkanes of at least 4 members (excludes halogenated alkanes) is 1. The van der Waals surface area contributed by atoms with Crippen molar-refractivity contribution in [3.05, 3.63) is 125 Å². The van der Waals surface area contributed by atoms with E-state index in [4.69, 9.17) is 24.5 Å². The molecule has 1 atom stereocenters. The highest BCUT2D eigenvalue weighted by Gasteiger charge is 2.39. The minimum atomic E-state index is -5.08. The Hall–Kier alpha value is -7.50. The van der Waals surface area contributed by atoms with Crippen LogP contribution in [0.5, 0.6) is 5.75 Å². The average Bonchev–Trinajstić information content (AvgIpc) is 3.34. The van der Waals surface area contributed by atoms with Gasteiger partial charge < -0.3 is 50.6 Å². The van der Waals surface area contributed by atoms with E-state index < -0.39 is 36.5 Å². The number of fused-ring (bicyclic) bond motifs is 1. The molecule has 1 fully saturated rings. The number of aromatic nitrogens is 1. The second-order valence-electron chi connectivity index (χ2n) is 16.6. The first-order valence-corrected chi connectivity index (χ1v) is 22.8. The van der Waals surface area contributed by atoms with Crippen molar-refractivity contribution in [1.82, 2.24) is 20.1 Å². The summed E-state index contributed by atoms with van der Waals surface area (Å²) in [5.74, 6) is -5.58. The van der Waals surface area contributed by atoms with Gasteiger partial charge in [-0.2, -0.15) is 26.3 Å². The molecule has 6 rings (SSSR count). The van der Waals surface area contributed by atoms with E-state index in [1.54, 1.807) is 24.1 Å². The molecule has 2 heterocycles. The highest BCUT2D eigenvalue weighted by Crippen LogP contribution is 2.30. The number of phenols is 1. The van der Waals surface area contributed by atoms with Crippen LogP contribution < -0.4 is 21.5 Å². The Labute approximate surface area is 414 Å². The molecular formula is C50H56F6N6O11. The number of nitrogens with one attached hydrogen (secondary N) is 4. The number of para-hydroxylation sites is 1. The maximum atomic E-state index is 12.9. The number of halogens is 6. The molecule has 23 heteroatoms. The lowest BCUT2D eigenvalue weighted by molar-refractivity contribution is -0.193. The Morgan fingerprint density at radius 1 is 0.808 bits per heavy atom. The molecule has 3 amide bonds. The number of anilines is 2. The number of aromatic hydroxyl groups is 1. The van der Waals surface area contributed by atoms with E-state index >= 15 is 0 Å². The normalized spacial score (nSPS) is 13.3. The zero-order valence-electron chi connectivity index (χ0n) is 39.5. The predicted octanol–water partition coefficient (Wildman–Crippen LogP) is 7.70. The number of H-pyrrole nitrogens is 1. The van der Waals surface area contributed by atoms with Gasteiger partial charge >= 0.3 is 30.4 Å². The lowest BCUT2D eigenvalue weighted by Gasteiger charge is -2.31. The van der Waals surface area contributed by atoms with Crippen LogP contribution in [-0.2, 0) is 30.3 Å². The lowest BCUT2D eigenvalue weighted by Crippen LogP contribution is -2.40. The third-order valence-electron chi connectivity index (χ3n) is 11.2. The number of pyridine rings is 1. The number of carboxylic acid groups (broad SMARTS) is 2. The quantitative estimate of drug-likeness (QED) is 0.0310. The van der Waals surface area contributed by atoms with E-state index in [0.717, 1.165) is 29.8 Å². The fourth-order valence-corrected chi connectivity index (χ4v) is 7.37. The van der Waals surface area contributed by atoms with Gasteiger partial charge in [0.15, 0.2) is 0 Å². The van der Waals surface area contributed by atoms with Crippen molar-refractivity contribution >= 4 is 52.1 Å². The number of alkyl halides is 6. The zero-order valence-corrected chi connectivity index (χ0v) is 39.5. The van der Waals surface area contributed by atoms with Crippen LogP contribution in [0, 0.1) is 0 Å². The number of aromatic amines is 1. The SMILES string of the molecule is CN(CCCCC(=O)Nc1cccc(CCNC[C@H](O)c2ccc(O)c3[nH]c(=O)ccc23)c1)C(=O)CCN1CCC(OC(=O)Nc2ccccc2-c2ccccc2)CC1.O=C(O)C(F)(F)F.O=C(O)C(F)(F)F. The molecule has 17 nitrogen and oxygen atoms in total. The van der Waals surface area contributed by atoms with E-state index in [2.05, 4.69) is 25.8 Å². The fraction of sp³-hybridized carbons (Fsp3) is 0.360. The Morgan fingerprint density at radius 2 is 1.45 bits per heavy atom. The van der Waals surface area contributed by atoms with Gasteiger partial charge in [-0.05, 0) is 85.7 Å². The average molecular weight is 1030 g/mol. The lowest BCUT2D eigenvalue weighted by atomic mass is 10.0. The monoisotopic (exact) mass is 1030 g/mol. The molecule has 0 radical (unpaired) electrons. The molecule has 0 aliphatic carbocycles. The Bertz CT molecular complexity index is 2660. The fourth-order valence-electron chi connectivity index (χ4n) is 7.37. The van der Waals surface area contributed by atoms with E-state index in [9.17, 15) is 55.7 Å². The van der Waals surface area contributed by atoms with Crippen LogP contribution in [-0.4, -0.2) is 130 Å². The van der Waals surface area contributed by atoms with Crippen molar-refractivity contribution in [3.8, 4) is 16.9 Å². The van der Waals surface area contributed by atoms with Gasteiger partial charge in [-0.15, -0.1) is 0 Å². The van der Waals surface area contributed by atoms with Gasteiger partial charge in [-0.1, -0.05) is 66.7 Å². The molecule has 0 saturated carbocycles. The molecule has 4 aromatic carbocycles. The van der Waals surface area contributed by atoms with Crippen LogP contribution in [0.25, 0.3) is 22.0 Å². The molecular weight excluding hydrogens is 975 g/mol. The maximum absolute atomic E-state index is 12.9. The minimum absolute atomic E-state index is 0.0526. The number of benzene rings is 4. The third kappa shape index (κ3) is 19.9. The van der Waals surface area contributed by atoms with Crippen molar-refractivity contribution in [2.45, 2.75) is 69.5 Å². The van der Waals surface area contributed by atoms with Gasteiger partial charge in [0.25, 0.3) is 0 Å². The molecule has 1 saturated heterocycles. The first-order valence-electron chi connectivity index (χ1n) is 22.8. The van der Waals surface area contributed by atoms with Gasteiger partial charge in [0, 0.05) is 75.3 Å². The second-order valence-corrected chi connectivity index (χ2v) is 16.6. The molecule has 8 N–H and O–H groups in total. The van der Waals surface area contributed by atoms with Crippen LogP contribution in [0.3, 0.4) is 0 Å². The smallest absolute Gasteiger partial charge is 0.490 e. The summed E-state index contributed by atoms with van der Waals surface area (Å²) in [4.78, 5) is 74.4. The summed E-state index contributed by atoms with van der Waals surface area (Å²) < 4.78 is 69.2. The van der Waals surface area contributed by atoms with Crippen molar-refractivity contribution in [2.75, 3.05) is 56.9 Å². The number of carbonyl (C=O) groups excluding carboxylic acids is 3. The molecule has 394 valence electrons. The number of nitrogens with zero attached hydrogens (tertiary/aromatic N) is 2. The number of ether oxygens (including phenoxy) is 1. The third-order valence-corrected chi connectivity index (χ3v) is 11.2. The first-order chi connectivity index (χ1) is 34.5. The zero-order chi connectivity index (χ0) is 53.7. The Balaban J connectivity index is 0.000000722. The van der Waals surface area contributed by atoms with Gasteiger partial charge in [-0.25, -0.2) is 14.4 Å². The second kappa shape index (κ2) is 27.9. The number of carboxylic acids is 2. The van der Waals surface area contributed by atoms with Gasteiger partial charge in [-0.3, -0.25) is 19.7 Å². The summed E-state index contributed by atoms with van der Waals surface area (Å²) in [5, 5.41) is 44.9. The van der Waals surface area contributed by atoms with Crippen LogP contribution in [0.1, 0.15) is 55.8 Å². The number of rotatable bonds is 18. The number of phenolic OH excluding ortho intramolecular Hbond substituents is 1. The molecule has 1 aliphatic rings. The van der Waals surface area contributed by atoms with E-state index in [0.29, 0.717) is 92.4 Å². The van der Waals surface area contributed by atoms with Crippen molar-refractivity contribution in [3.63, 3.8) is 0 Å². The van der Waals surface area contributed by atoms with Crippen molar-refractivity contribution < 1.29 is 75.5 Å². The van der Waals surface area contributed by atoms with E-state index in [1.807, 2.05) is 78.9 Å². The maximum Gasteiger partial charge on any atom is 0.490 e. The predicted molar refractivity (Wildman–Crippen MR) is 258 cm³/mol. The van der Waals surface area contributed by atoms with E-state index in [1.165, 1.54) is 12.1 Å². The highest BCUT2D eigenvalue weighted by atomic mass is 19.4. The summed E-state index contributed by atoms with van der Waals surface area (Å²) in [5.41, 5.74) is 4.96. The van der Waals surface area contributed by atoms with Crippen LogP contribution in [0.15, 0.2) is 108 Å². The summed E-state index contributed by atoms with van der Waals surface area (Å²) in [6.07, 6.45) is -7.44. The molecule has 5 aromatic rings. The number of aliphatic hydroxyl groups is 1. The standard InChI is InChI=1S/C46H54N6O7.2C2HF3O2/c1-51(44(57)24-29-52-27-22-35(23-28-52)59-46(58)49-39-15-6-5-14-36(39)33-11-3-2-4-12-33)26-8-7-16-42(55)48-34-13-9-10-32(30-34)21-25-47-31-41(54)37-17-19-40(53)45-38(37)18-20-43(56)50-45;2*3-2(4,5)1(6)7/h2-6,9-15,17-20,30,35,41,47,53-54H,7-8,16,21-29,31H2,1H3,(H,48,55)(H,49,58)(H,50,56);2*(H,6,7)/t41-;;/m0../s1. The topological polar surface area (TPSA) is 251 Å². The largest absolute Gasteiger partial charge is 0.506 e. The Morgan fingerprint density at radius 3 is 2.11 bits per heavy atom. The summed E-state index contributed by atoms with van der Waals surface area (Å²) in [6.45, 7) is 3.59. The van der Waals surface area contributed by atoms with Crippen LogP contribution in [0.2, 0.25) is 0 Å². The van der Waals surface area contributed by atoms with Crippen LogP contribution in [0.4, 0.5) is 42.5 Å². The number of hydrogen-bond donors (Lipinski definition) is 8. The number of amides is 3. The summed E-state index contributed by atoms with van der Waals surface area (Å²) in [7, 11) is 1.80. The number of hydrogen-bond acceptors (Lipinski definition) is 11. The Kier molecular flexibility index (Phi) is 22.2. The summed E-state index contributed by atoms with van der Waals surface area (Å²) in [6, 6.07) is 31.3. The van der Waals surface area contributed by atoms with Crippen molar-refractivity contribution in [2.24, 2.45) is 0 Å². The van der Waals surface area contributed by atoms with Gasteiger partial charge in [0.2, 0.25) is 17.4 Å². The molecule has 0 bridgehead atoms. The molecule has 1 aromatic heterocycles. The molecule has 1 aliphatic heterocycles. The number of likely N-dealkylation sites (tertiary alicyclic amines) is 1. The minimum Gasteiger partial charge on any atom is -0.506 e. The van der Waals surface area contributed by atoms with Crippen LogP contribution >= 0.6 is 0 Å².